The van der Waals surface area contributed by atoms with Crippen LogP contribution in [0.1, 0.15) is 16.8 Å². The molecule has 0 fully saturated rings. The summed E-state index contributed by atoms with van der Waals surface area (Å²) in [6, 6.07) is 5.76. The van der Waals surface area contributed by atoms with Crippen molar-refractivity contribution in [1.82, 2.24) is 15.6 Å². The van der Waals surface area contributed by atoms with Crippen LogP contribution >= 0.6 is 35.3 Å². The number of halogens is 2. The lowest BCUT2D eigenvalue weighted by molar-refractivity contribution is -0.114. The van der Waals surface area contributed by atoms with Crippen molar-refractivity contribution in [3.05, 3.63) is 46.2 Å². The maximum Gasteiger partial charge on any atom is 0.246 e. The molecule has 0 aliphatic heterocycles. The van der Waals surface area contributed by atoms with Crippen molar-refractivity contribution < 1.29 is 9.18 Å². The molecule has 2 aromatic rings. The number of anilines is 1. The molecule has 1 heterocycles. The largest absolute Gasteiger partial charge is 0.357 e. The van der Waals surface area contributed by atoms with Gasteiger partial charge in [0.1, 0.15) is 12.4 Å². The number of rotatable bonds is 7. The molecule has 1 aromatic carbocycles. The van der Waals surface area contributed by atoms with Crippen LogP contribution < -0.4 is 16.0 Å². The number of guanidine groups is 1. The Hall–Kier alpha value is -1.75. The summed E-state index contributed by atoms with van der Waals surface area (Å²) in [6.45, 7) is 5.28. The summed E-state index contributed by atoms with van der Waals surface area (Å²) in [6.07, 6.45) is 2.65. The van der Waals surface area contributed by atoms with E-state index >= 15 is 0 Å². The molecular formula is C17H23FIN5OS. The van der Waals surface area contributed by atoms with E-state index in [-0.39, 0.29) is 36.4 Å². The van der Waals surface area contributed by atoms with Gasteiger partial charge in [-0.25, -0.2) is 14.4 Å². The number of amides is 1. The molecule has 3 N–H and O–H groups in total. The molecule has 9 heteroatoms. The van der Waals surface area contributed by atoms with Crippen molar-refractivity contribution in [2.24, 2.45) is 4.99 Å². The number of nitrogens with zero attached hydrogens (tertiary/aromatic N) is 2. The summed E-state index contributed by atoms with van der Waals surface area (Å²) in [5, 5.41) is 9.93. The SMILES string of the molecule is CCNC(=NCC(=O)Nc1cccc(F)c1)NCCc1ncc(C)s1.I. The number of carbonyl (C=O) groups excluding carboxylic acids is 1. The van der Waals surface area contributed by atoms with Crippen LogP contribution in [0, 0.1) is 12.7 Å². The maximum absolute atomic E-state index is 13.1. The highest BCUT2D eigenvalue weighted by Gasteiger charge is 2.05. The molecule has 6 nitrogen and oxygen atoms in total. The first-order chi connectivity index (χ1) is 12.1. The van der Waals surface area contributed by atoms with E-state index in [2.05, 4.69) is 25.9 Å². The number of carbonyl (C=O) groups is 1. The zero-order valence-corrected chi connectivity index (χ0v) is 17.9. The molecule has 0 aliphatic rings. The fourth-order valence-electron chi connectivity index (χ4n) is 2.06. The number of aryl methyl sites for hydroxylation is 1. The number of aromatic nitrogens is 1. The predicted molar refractivity (Wildman–Crippen MR) is 115 cm³/mol. The standard InChI is InChI=1S/C17H22FN5OS.HI/c1-3-19-17(20-8-7-16-21-10-12(2)25-16)22-11-15(24)23-14-6-4-5-13(18)9-14;/h4-6,9-10H,3,7-8,11H2,1-2H3,(H,23,24)(H2,19,20,22);1H. The number of benzene rings is 1. The summed E-state index contributed by atoms with van der Waals surface area (Å²) >= 11 is 1.67. The van der Waals surface area contributed by atoms with E-state index in [9.17, 15) is 9.18 Å². The quantitative estimate of drug-likeness (QED) is 0.316. The second-order valence-corrected chi connectivity index (χ2v) is 6.61. The van der Waals surface area contributed by atoms with Crippen LogP contribution in [0.5, 0.6) is 0 Å². The molecule has 0 saturated carbocycles. The predicted octanol–water partition coefficient (Wildman–Crippen LogP) is 2.94. The van der Waals surface area contributed by atoms with Crippen molar-refractivity contribution in [2.75, 3.05) is 25.0 Å². The third-order valence-corrected chi connectivity index (χ3v) is 4.11. The Morgan fingerprint density at radius 2 is 2.15 bits per heavy atom. The van der Waals surface area contributed by atoms with E-state index in [4.69, 9.17) is 0 Å². The Balaban J connectivity index is 0.00000338. The van der Waals surface area contributed by atoms with Crippen molar-refractivity contribution in [2.45, 2.75) is 20.3 Å². The van der Waals surface area contributed by atoms with Gasteiger partial charge in [0.2, 0.25) is 5.91 Å². The molecule has 0 aliphatic carbocycles. The third-order valence-electron chi connectivity index (χ3n) is 3.13. The normalized spacial score (nSPS) is 10.8. The molecule has 26 heavy (non-hydrogen) atoms. The Kier molecular flexibility index (Phi) is 10.1. The summed E-state index contributed by atoms with van der Waals surface area (Å²) in [5.41, 5.74) is 0.414. The number of hydrogen-bond acceptors (Lipinski definition) is 4. The smallest absolute Gasteiger partial charge is 0.246 e. The van der Waals surface area contributed by atoms with Crippen molar-refractivity contribution in [3.63, 3.8) is 0 Å². The minimum Gasteiger partial charge on any atom is -0.357 e. The summed E-state index contributed by atoms with van der Waals surface area (Å²) in [5.74, 6) is -0.141. The molecule has 0 radical (unpaired) electrons. The first kappa shape index (κ1) is 22.3. The Morgan fingerprint density at radius 1 is 1.35 bits per heavy atom. The zero-order chi connectivity index (χ0) is 18.1. The van der Waals surface area contributed by atoms with Gasteiger partial charge in [-0.05, 0) is 32.0 Å². The zero-order valence-electron chi connectivity index (χ0n) is 14.7. The van der Waals surface area contributed by atoms with Crippen molar-refractivity contribution in [1.29, 1.82) is 0 Å². The fraction of sp³-hybridized carbons (Fsp3) is 0.353. The minimum atomic E-state index is -0.395. The molecule has 1 amide bonds. The van der Waals surface area contributed by atoms with E-state index < -0.39 is 5.82 Å². The molecule has 0 atom stereocenters. The van der Waals surface area contributed by atoms with Crippen LogP contribution in [-0.2, 0) is 11.2 Å². The van der Waals surface area contributed by atoms with Crippen molar-refractivity contribution >= 4 is 52.9 Å². The summed E-state index contributed by atoms with van der Waals surface area (Å²) in [7, 11) is 0. The highest BCUT2D eigenvalue weighted by Crippen LogP contribution is 2.11. The maximum atomic E-state index is 13.1. The average molecular weight is 491 g/mol. The van der Waals surface area contributed by atoms with E-state index in [0.717, 1.165) is 11.4 Å². The molecule has 0 bridgehead atoms. The summed E-state index contributed by atoms with van der Waals surface area (Å²) in [4.78, 5) is 21.7. The number of hydrogen-bond donors (Lipinski definition) is 3. The van der Waals surface area contributed by atoms with Gasteiger partial charge in [-0.3, -0.25) is 4.79 Å². The molecule has 2 rings (SSSR count). The highest BCUT2D eigenvalue weighted by molar-refractivity contribution is 14.0. The van der Waals surface area contributed by atoms with E-state index in [1.165, 1.54) is 17.0 Å². The van der Waals surface area contributed by atoms with Crippen LogP contribution in [0.4, 0.5) is 10.1 Å². The van der Waals surface area contributed by atoms with Gasteiger partial charge >= 0.3 is 0 Å². The monoisotopic (exact) mass is 491 g/mol. The molecule has 142 valence electrons. The first-order valence-electron chi connectivity index (χ1n) is 8.05. The second-order valence-electron chi connectivity index (χ2n) is 5.30. The molecule has 1 aromatic heterocycles. The Morgan fingerprint density at radius 3 is 2.81 bits per heavy atom. The fourth-order valence-corrected chi connectivity index (χ4v) is 2.85. The van der Waals surface area contributed by atoms with Gasteiger partial charge < -0.3 is 16.0 Å². The van der Waals surface area contributed by atoms with Crippen molar-refractivity contribution in [3.8, 4) is 0 Å². The lowest BCUT2D eigenvalue weighted by Gasteiger charge is -2.10. The summed E-state index contributed by atoms with van der Waals surface area (Å²) < 4.78 is 13.1. The van der Waals surface area contributed by atoms with Gasteiger partial charge in [-0.1, -0.05) is 6.07 Å². The lowest BCUT2D eigenvalue weighted by Crippen LogP contribution is -2.39. The van der Waals surface area contributed by atoms with Gasteiger partial charge in [-0.15, -0.1) is 35.3 Å². The molecule has 0 saturated heterocycles. The highest BCUT2D eigenvalue weighted by atomic mass is 127. The van der Waals surface area contributed by atoms with Gasteiger partial charge in [0.05, 0.1) is 5.01 Å². The number of aliphatic imine (C=N–C) groups is 1. The van der Waals surface area contributed by atoms with Gasteiger partial charge in [0, 0.05) is 36.3 Å². The van der Waals surface area contributed by atoms with E-state index in [1.54, 1.807) is 23.5 Å². The van der Waals surface area contributed by atoms with E-state index in [0.29, 0.717) is 24.7 Å². The average Bonchev–Trinajstić information content (AvgIpc) is 2.98. The van der Waals surface area contributed by atoms with Gasteiger partial charge in [-0.2, -0.15) is 0 Å². The molecule has 0 spiro atoms. The molecular weight excluding hydrogens is 468 g/mol. The first-order valence-corrected chi connectivity index (χ1v) is 8.87. The number of nitrogens with one attached hydrogen (secondary N) is 3. The van der Waals surface area contributed by atoms with Crippen LogP contribution in [0.2, 0.25) is 0 Å². The van der Waals surface area contributed by atoms with Crippen LogP contribution in [0.15, 0.2) is 35.5 Å². The van der Waals surface area contributed by atoms with Gasteiger partial charge in [0.25, 0.3) is 0 Å². The topological polar surface area (TPSA) is 78.4 Å². The number of thiazole rings is 1. The minimum absolute atomic E-state index is 0. The van der Waals surface area contributed by atoms with Gasteiger partial charge in [0.15, 0.2) is 5.96 Å². The second kappa shape index (κ2) is 11.8. The lowest BCUT2D eigenvalue weighted by atomic mass is 10.3. The third kappa shape index (κ3) is 8.09. The Bertz CT molecular complexity index is 737. The van der Waals surface area contributed by atoms with Crippen LogP contribution in [-0.4, -0.2) is 36.5 Å². The Labute approximate surface area is 173 Å². The molecule has 0 unspecified atom stereocenters. The van der Waals surface area contributed by atoms with Crippen LogP contribution in [0.3, 0.4) is 0 Å². The van der Waals surface area contributed by atoms with Crippen LogP contribution in [0.25, 0.3) is 0 Å². The van der Waals surface area contributed by atoms with E-state index in [1.807, 2.05) is 20.0 Å².